The van der Waals surface area contributed by atoms with Crippen LogP contribution < -0.4 is 0 Å². The van der Waals surface area contributed by atoms with Gasteiger partial charge in [-0.05, 0) is 6.42 Å². The Bertz CT molecular complexity index is 313. The second-order valence-corrected chi connectivity index (χ2v) is 6.26. The molecule has 2 heterocycles. The molecule has 0 radical (unpaired) electrons. The topological polar surface area (TPSA) is 47.4 Å². The van der Waals surface area contributed by atoms with Gasteiger partial charge in [-0.1, -0.05) is 20.8 Å². The molecule has 1 N–H and O–H groups in total. The molecule has 0 unspecified atom stereocenters. The van der Waals surface area contributed by atoms with E-state index in [-0.39, 0.29) is 11.3 Å². The van der Waals surface area contributed by atoms with Gasteiger partial charge in [-0.15, -0.1) is 0 Å². The highest BCUT2D eigenvalue weighted by Crippen LogP contribution is 2.40. The van der Waals surface area contributed by atoms with E-state index in [1.54, 1.807) is 0 Å². The molecule has 90 valence electrons. The van der Waals surface area contributed by atoms with Crippen molar-refractivity contribution in [2.45, 2.75) is 27.2 Å². The summed E-state index contributed by atoms with van der Waals surface area (Å²) in [5.74, 6) is 0.256. The van der Waals surface area contributed by atoms with Gasteiger partial charge in [0, 0.05) is 37.0 Å². The predicted molar refractivity (Wildman–Crippen MR) is 63.4 cm³/mol. The Labute approximate surface area is 97.1 Å². The van der Waals surface area contributed by atoms with Crippen LogP contribution in [0.5, 0.6) is 0 Å². The number of nitrogens with zero attached hydrogens (tertiary/aromatic N) is 2. The van der Waals surface area contributed by atoms with Crippen LogP contribution in [-0.2, 0) is 4.79 Å². The molecule has 0 aromatic heterocycles. The normalized spacial score (nSPS) is 23.4. The van der Waals surface area contributed by atoms with Gasteiger partial charge < -0.3 is 9.80 Å². The van der Waals surface area contributed by atoms with E-state index in [9.17, 15) is 4.79 Å². The molecule has 2 saturated heterocycles. The van der Waals surface area contributed by atoms with E-state index >= 15 is 0 Å². The molecule has 2 aliphatic heterocycles. The SMILES string of the molecule is CC(C)(C)C(=O)N1CC2(CCN(C=N)C2)C1. The van der Waals surface area contributed by atoms with Crippen LogP contribution in [0.3, 0.4) is 0 Å². The van der Waals surface area contributed by atoms with Crippen LogP contribution >= 0.6 is 0 Å². The molecule has 1 amide bonds. The lowest BCUT2D eigenvalue weighted by Gasteiger charge is -2.49. The van der Waals surface area contributed by atoms with E-state index in [2.05, 4.69) is 0 Å². The average Bonchev–Trinajstić information content (AvgIpc) is 2.56. The molecule has 2 rings (SSSR count). The molecule has 4 heteroatoms. The highest BCUT2D eigenvalue weighted by Gasteiger charge is 2.50. The van der Waals surface area contributed by atoms with Crippen LogP contribution in [0, 0.1) is 16.2 Å². The molecule has 0 bridgehead atoms. The zero-order valence-electron chi connectivity index (χ0n) is 10.4. The lowest BCUT2D eigenvalue weighted by molar-refractivity contribution is -0.151. The van der Waals surface area contributed by atoms with Gasteiger partial charge in [0.1, 0.15) is 0 Å². The zero-order valence-corrected chi connectivity index (χ0v) is 10.4. The second kappa shape index (κ2) is 3.47. The van der Waals surface area contributed by atoms with Crippen LogP contribution in [0.1, 0.15) is 27.2 Å². The van der Waals surface area contributed by atoms with E-state index in [1.165, 1.54) is 6.34 Å². The maximum Gasteiger partial charge on any atom is 0.227 e. The van der Waals surface area contributed by atoms with Crippen molar-refractivity contribution < 1.29 is 4.79 Å². The van der Waals surface area contributed by atoms with Crippen LogP contribution in [0.2, 0.25) is 0 Å². The van der Waals surface area contributed by atoms with Gasteiger partial charge in [-0.2, -0.15) is 0 Å². The first kappa shape index (κ1) is 11.4. The molecule has 2 fully saturated rings. The first-order chi connectivity index (χ1) is 7.36. The quantitative estimate of drug-likeness (QED) is 0.536. The van der Waals surface area contributed by atoms with Crippen LogP contribution in [0.15, 0.2) is 0 Å². The summed E-state index contributed by atoms with van der Waals surface area (Å²) < 4.78 is 0. The van der Waals surface area contributed by atoms with Crippen molar-refractivity contribution in [1.82, 2.24) is 9.80 Å². The molecule has 16 heavy (non-hydrogen) atoms. The largest absolute Gasteiger partial charge is 0.362 e. The summed E-state index contributed by atoms with van der Waals surface area (Å²) in [6, 6.07) is 0. The predicted octanol–water partition coefficient (Wildman–Crippen LogP) is 1.17. The third-order valence-electron chi connectivity index (χ3n) is 3.63. The Morgan fingerprint density at radius 3 is 2.38 bits per heavy atom. The fourth-order valence-corrected chi connectivity index (χ4v) is 2.72. The van der Waals surface area contributed by atoms with Gasteiger partial charge in [-0.3, -0.25) is 10.2 Å². The molecular formula is C12H21N3O. The molecule has 0 saturated carbocycles. The number of rotatable bonds is 1. The smallest absolute Gasteiger partial charge is 0.227 e. The second-order valence-electron chi connectivity index (χ2n) is 6.26. The van der Waals surface area contributed by atoms with Crippen molar-refractivity contribution >= 4 is 12.2 Å². The summed E-state index contributed by atoms with van der Waals surface area (Å²) in [7, 11) is 0. The number of carbonyl (C=O) groups excluding carboxylic acids is 1. The lowest BCUT2D eigenvalue weighted by Crippen LogP contribution is -2.61. The van der Waals surface area contributed by atoms with Gasteiger partial charge in [-0.25, -0.2) is 0 Å². The first-order valence-electron chi connectivity index (χ1n) is 5.90. The Morgan fingerprint density at radius 2 is 1.94 bits per heavy atom. The number of amides is 1. The molecule has 0 aromatic carbocycles. The number of likely N-dealkylation sites (tertiary alicyclic amines) is 2. The minimum atomic E-state index is -0.262. The number of hydrogen-bond acceptors (Lipinski definition) is 2. The maximum atomic E-state index is 12.0. The minimum Gasteiger partial charge on any atom is -0.362 e. The molecule has 2 aliphatic rings. The van der Waals surface area contributed by atoms with Gasteiger partial charge in [0.25, 0.3) is 0 Å². The van der Waals surface area contributed by atoms with Crippen LogP contribution in [0.25, 0.3) is 0 Å². The summed E-state index contributed by atoms with van der Waals surface area (Å²) in [5, 5.41) is 7.23. The van der Waals surface area contributed by atoms with E-state index < -0.39 is 0 Å². The highest BCUT2D eigenvalue weighted by molar-refractivity contribution is 5.82. The third kappa shape index (κ3) is 1.81. The van der Waals surface area contributed by atoms with Crippen molar-refractivity contribution in [1.29, 1.82) is 5.41 Å². The van der Waals surface area contributed by atoms with Crippen molar-refractivity contribution in [3.05, 3.63) is 0 Å². The van der Waals surface area contributed by atoms with E-state index in [0.29, 0.717) is 5.41 Å². The van der Waals surface area contributed by atoms with E-state index in [4.69, 9.17) is 5.41 Å². The zero-order chi connectivity index (χ0) is 12.0. The maximum absolute atomic E-state index is 12.0. The molecule has 4 nitrogen and oxygen atoms in total. The fraction of sp³-hybridized carbons (Fsp3) is 0.833. The van der Waals surface area contributed by atoms with Crippen molar-refractivity contribution in [2.24, 2.45) is 10.8 Å². The van der Waals surface area contributed by atoms with Crippen molar-refractivity contribution in [2.75, 3.05) is 26.2 Å². The molecule has 0 atom stereocenters. The molecule has 1 spiro atoms. The molecule has 0 aromatic rings. The summed E-state index contributed by atoms with van der Waals surface area (Å²) in [4.78, 5) is 16.0. The number of hydrogen-bond donors (Lipinski definition) is 1. The third-order valence-corrected chi connectivity index (χ3v) is 3.63. The minimum absolute atomic E-state index is 0.256. The molecular weight excluding hydrogens is 202 g/mol. The first-order valence-corrected chi connectivity index (χ1v) is 5.90. The van der Waals surface area contributed by atoms with Crippen LogP contribution in [-0.4, -0.2) is 48.2 Å². The number of nitrogens with one attached hydrogen (secondary N) is 1. The van der Waals surface area contributed by atoms with E-state index in [1.807, 2.05) is 30.6 Å². The van der Waals surface area contributed by atoms with Gasteiger partial charge in [0.2, 0.25) is 5.91 Å². The Kier molecular flexibility index (Phi) is 2.48. The van der Waals surface area contributed by atoms with Crippen molar-refractivity contribution in [3.63, 3.8) is 0 Å². The fourth-order valence-electron chi connectivity index (χ4n) is 2.72. The average molecular weight is 223 g/mol. The van der Waals surface area contributed by atoms with Crippen molar-refractivity contribution in [3.8, 4) is 0 Å². The number of carbonyl (C=O) groups is 1. The summed E-state index contributed by atoms with van der Waals surface area (Å²) in [5.41, 5.74) is 0.0277. The Morgan fingerprint density at radius 1 is 1.31 bits per heavy atom. The summed E-state index contributed by atoms with van der Waals surface area (Å²) in [6.07, 6.45) is 2.54. The Balaban J connectivity index is 1.91. The van der Waals surface area contributed by atoms with Gasteiger partial charge in [0.05, 0.1) is 6.34 Å². The monoisotopic (exact) mass is 223 g/mol. The molecule has 0 aliphatic carbocycles. The standard InChI is InChI=1S/C12H21N3O/c1-11(2,3)10(16)15-7-12(8-15)4-5-14(6-12)9-13/h9,13H,4-8H2,1-3H3. The Hall–Kier alpha value is -1.06. The highest BCUT2D eigenvalue weighted by atomic mass is 16.2. The van der Waals surface area contributed by atoms with Gasteiger partial charge >= 0.3 is 0 Å². The summed E-state index contributed by atoms with van der Waals surface area (Å²) in [6.45, 7) is 9.60. The van der Waals surface area contributed by atoms with Crippen LogP contribution in [0.4, 0.5) is 0 Å². The van der Waals surface area contributed by atoms with E-state index in [0.717, 1.165) is 32.6 Å². The van der Waals surface area contributed by atoms with Gasteiger partial charge in [0.15, 0.2) is 0 Å². The lowest BCUT2D eigenvalue weighted by atomic mass is 9.77. The summed E-state index contributed by atoms with van der Waals surface area (Å²) >= 11 is 0.